The lowest BCUT2D eigenvalue weighted by Gasteiger charge is -2.11. The van der Waals surface area contributed by atoms with Gasteiger partial charge in [0, 0.05) is 18.8 Å². The van der Waals surface area contributed by atoms with Crippen molar-refractivity contribution < 1.29 is 0 Å². The van der Waals surface area contributed by atoms with Gasteiger partial charge in [-0.15, -0.1) is 0 Å². The highest BCUT2D eigenvalue weighted by molar-refractivity contribution is 4.99. The van der Waals surface area contributed by atoms with Gasteiger partial charge in [0.25, 0.3) is 0 Å². The van der Waals surface area contributed by atoms with Crippen LogP contribution in [0.2, 0.25) is 0 Å². The van der Waals surface area contributed by atoms with Crippen molar-refractivity contribution in [1.82, 2.24) is 14.9 Å². The molecule has 0 aliphatic carbocycles. The van der Waals surface area contributed by atoms with Gasteiger partial charge in [-0.3, -0.25) is 0 Å². The van der Waals surface area contributed by atoms with Gasteiger partial charge < -0.3 is 9.88 Å². The van der Waals surface area contributed by atoms with E-state index in [-0.39, 0.29) is 0 Å². The Hall–Kier alpha value is -0.830. The molecule has 0 aliphatic heterocycles. The lowest BCUT2D eigenvalue weighted by Crippen LogP contribution is -2.17. The van der Waals surface area contributed by atoms with Crippen LogP contribution in [0.1, 0.15) is 38.9 Å². The molecule has 0 unspecified atom stereocenters. The molecule has 0 atom stereocenters. The Kier molecular flexibility index (Phi) is 3.96. The highest BCUT2D eigenvalue weighted by atomic mass is 15.1. The van der Waals surface area contributed by atoms with E-state index in [4.69, 9.17) is 0 Å². The molecule has 0 saturated heterocycles. The van der Waals surface area contributed by atoms with E-state index in [1.165, 1.54) is 12.1 Å². The van der Waals surface area contributed by atoms with Crippen LogP contribution in [0.3, 0.4) is 0 Å². The molecule has 0 amide bonds. The van der Waals surface area contributed by atoms with Crippen molar-refractivity contribution in [2.45, 2.75) is 39.8 Å². The monoisotopic (exact) mass is 181 g/mol. The minimum absolute atomic E-state index is 0.501. The number of nitrogens with zero attached hydrogens (tertiary/aromatic N) is 2. The maximum atomic E-state index is 4.15. The van der Waals surface area contributed by atoms with Crippen LogP contribution in [-0.2, 0) is 6.54 Å². The van der Waals surface area contributed by atoms with Crippen molar-refractivity contribution in [2.24, 2.45) is 0 Å². The van der Waals surface area contributed by atoms with Gasteiger partial charge in [-0.1, -0.05) is 6.92 Å². The molecule has 1 heterocycles. The van der Waals surface area contributed by atoms with Crippen LogP contribution in [0.5, 0.6) is 0 Å². The van der Waals surface area contributed by atoms with Gasteiger partial charge in [0.15, 0.2) is 0 Å². The molecule has 74 valence electrons. The van der Waals surface area contributed by atoms with Crippen LogP contribution < -0.4 is 5.32 Å². The Morgan fingerprint density at radius 2 is 2.31 bits per heavy atom. The van der Waals surface area contributed by atoms with E-state index >= 15 is 0 Å². The number of nitrogens with one attached hydrogen (secondary N) is 1. The average molecular weight is 181 g/mol. The predicted octanol–water partition coefficient (Wildman–Crippen LogP) is 1.96. The van der Waals surface area contributed by atoms with Crippen molar-refractivity contribution in [2.75, 3.05) is 6.54 Å². The SMILES string of the molecule is CCCNCc1cncn1C(C)C. The lowest BCUT2D eigenvalue weighted by molar-refractivity contribution is 0.550. The Labute approximate surface area is 80.2 Å². The van der Waals surface area contributed by atoms with Gasteiger partial charge in [0.2, 0.25) is 0 Å². The molecule has 0 aromatic carbocycles. The van der Waals surface area contributed by atoms with Crippen LogP contribution in [0, 0.1) is 0 Å². The summed E-state index contributed by atoms with van der Waals surface area (Å²) in [7, 11) is 0. The predicted molar refractivity (Wildman–Crippen MR) is 54.6 cm³/mol. The molecule has 0 saturated carbocycles. The van der Waals surface area contributed by atoms with Gasteiger partial charge in [-0.25, -0.2) is 4.98 Å². The summed E-state index contributed by atoms with van der Waals surface area (Å²) in [5.41, 5.74) is 1.27. The number of rotatable bonds is 5. The summed E-state index contributed by atoms with van der Waals surface area (Å²) in [6.07, 6.45) is 5.01. The molecular formula is C10H19N3. The highest BCUT2D eigenvalue weighted by Gasteiger charge is 2.03. The Bertz CT molecular complexity index is 240. The number of aromatic nitrogens is 2. The van der Waals surface area contributed by atoms with E-state index in [1.54, 1.807) is 0 Å². The number of imidazole rings is 1. The van der Waals surface area contributed by atoms with Gasteiger partial charge in [0.1, 0.15) is 0 Å². The molecule has 3 heteroatoms. The van der Waals surface area contributed by atoms with Crippen LogP contribution in [-0.4, -0.2) is 16.1 Å². The first kappa shape index (κ1) is 10.3. The standard InChI is InChI=1S/C10H19N3/c1-4-5-11-6-10-7-12-8-13(10)9(2)3/h7-9,11H,4-6H2,1-3H3. The summed E-state index contributed by atoms with van der Waals surface area (Å²) < 4.78 is 2.20. The zero-order chi connectivity index (χ0) is 9.68. The molecule has 1 N–H and O–H groups in total. The fraction of sp³-hybridized carbons (Fsp3) is 0.700. The third-order valence-corrected chi connectivity index (χ3v) is 2.04. The van der Waals surface area contributed by atoms with E-state index in [9.17, 15) is 0 Å². The summed E-state index contributed by atoms with van der Waals surface area (Å²) in [4.78, 5) is 4.15. The van der Waals surface area contributed by atoms with E-state index < -0.39 is 0 Å². The zero-order valence-electron chi connectivity index (χ0n) is 8.75. The van der Waals surface area contributed by atoms with E-state index in [2.05, 4.69) is 35.6 Å². The molecule has 13 heavy (non-hydrogen) atoms. The molecule has 0 bridgehead atoms. The second kappa shape index (κ2) is 5.02. The maximum absolute atomic E-state index is 4.15. The molecule has 0 aliphatic rings. The first-order valence-corrected chi connectivity index (χ1v) is 4.97. The summed E-state index contributed by atoms with van der Waals surface area (Å²) in [6, 6.07) is 0.501. The summed E-state index contributed by atoms with van der Waals surface area (Å²) >= 11 is 0. The quantitative estimate of drug-likeness (QED) is 0.704. The van der Waals surface area contributed by atoms with Crippen LogP contribution in [0.4, 0.5) is 0 Å². The Morgan fingerprint density at radius 1 is 1.54 bits per heavy atom. The second-order valence-corrected chi connectivity index (χ2v) is 3.56. The molecule has 1 aromatic rings. The third-order valence-electron chi connectivity index (χ3n) is 2.04. The maximum Gasteiger partial charge on any atom is 0.0951 e. The molecule has 0 spiro atoms. The van der Waals surface area contributed by atoms with Crippen molar-refractivity contribution in [3.8, 4) is 0 Å². The molecule has 1 rings (SSSR count). The van der Waals surface area contributed by atoms with E-state index in [0.717, 1.165) is 13.1 Å². The fourth-order valence-corrected chi connectivity index (χ4v) is 1.33. The Balaban J connectivity index is 2.50. The van der Waals surface area contributed by atoms with Gasteiger partial charge in [0.05, 0.1) is 12.0 Å². The van der Waals surface area contributed by atoms with Gasteiger partial charge in [-0.2, -0.15) is 0 Å². The minimum Gasteiger partial charge on any atom is -0.331 e. The van der Waals surface area contributed by atoms with Gasteiger partial charge >= 0.3 is 0 Å². The third kappa shape index (κ3) is 2.84. The summed E-state index contributed by atoms with van der Waals surface area (Å²) in [5.74, 6) is 0. The fourth-order valence-electron chi connectivity index (χ4n) is 1.33. The number of hydrogen-bond acceptors (Lipinski definition) is 2. The van der Waals surface area contributed by atoms with Crippen molar-refractivity contribution in [3.63, 3.8) is 0 Å². The molecule has 1 aromatic heterocycles. The van der Waals surface area contributed by atoms with Crippen molar-refractivity contribution >= 4 is 0 Å². The topological polar surface area (TPSA) is 29.9 Å². The first-order chi connectivity index (χ1) is 6.25. The normalized spacial score (nSPS) is 11.1. The summed E-state index contributed by atoms with van der Waals surface area (Å²) in [5, 5.41) is 3.37. The van der Waals surface area contributed by atoms with Crippen LogP contribution in [0.15, 0.2) is 12.5 Å². The van der Waals surface area contributed by atoms with E-state index in [0.29, 0.717) is 6.04 Å². The molecule has 0 fully saturated rings. The van der Waals surface area contributed by atoms with Crippen LogP contribution in [0.25, 0.3) is 0 Å². The van der Waals surface area contributed by atoms with Crippen molar-refractivity contribution in [3.05, 3.63) is 18.2 Å². The lowest BCUT2D eigenvalue weighted by atomic mass is 10.3. The second-order valence-electron chi connectivity index (χ2n) is 3.56. The largest absolute Gasteiger partial charge is 0.331 e. The minimum atomic E-state index is 0.501. The zero-order valence-corrected chi connectivity index (χ0v) is 8.75. The molecular weight excluding hydrogens is 162 g/mol. The van der Waals surface area contributed by atoms with Crippen molar-refractivity contribution in [1.29, 1.82) is 0 Å². The number of hydrogen-bond donors (Lipinski definition) is 1. The molecule has 0 radical (unpaired) electrons. The van der Waals surface area contributed by atoms with Crippen LogP contribution >= 0.6 is 0 Å². The average Bonchev–Trinajstić information content (AvgIpc) is 2.53. The Morgan fingerprint density at radius 3 is 2.92 bits per heavy atom. The molecule has 3 nitrogen and oxygen atoms in total. The van der Waals surface area contributed by atoms with Gasteiger partial charge in [-0.05, 0) is 26.8 Å². The smallest absolute Gasteiger partial charge is 0.0951 e. The summed E-state index contributed by atoms with van der Waals surface area (Å²) in [6.45, 7) is 8.51. The van der Waals surface area contributed by atoms with E-state index in [1.807, 2.05) is 12.5 Å². The highest BCUT2D eigenvalue weighted by Crippen LogP contribution is 2.07. The first-order valence-electron chi connectivity index (χ1n) is 4.97.